The first kappa shape index (κ1) is 26.6. The van der Waals surface area contributed by atoms with Crippen molar-refractivity contribution in [1.82, 2.24) is 0 Å². The Balaban J connectivity index is 1.34. The van der Waals surface area contributed by atoms with Crippen LogP contribution in [0.3, 0.4) is 0 Å². The number of aliphatic carboxylic acids is 1. The average molecular weight is 510 g/mol. The van der Waals surface area contributed by atoms with Crippen molar-refractivity contribution >= 4 is 11.8 Å². The number of hydrogen-bond acceptors (Lipinski definition) is 5. The fourth-order valence-corrected chi connectivity index (χ4v) is 4.16. The monoisotopic (exact) mass is 509 g/mol. The van der Waals surface area contributed by atoms with E-state index in [-0.39, 0.29) is 18.6 Å². The highest BCUT2D eigenvalue weighted by atomic mass is 16.5. The molecule has 0 aromatic heterocycles. The number of ether oxygens (including phenoxy) is 2. The zero-order valence-corrected chi connectivity index (χ0v) is 21.1. The largest absolute Gasteiger partial charge is 0.493 e. The molecule has 0 radical (unpaired) electrons. The summed E-state index contributed by atoms with van der Waals surface area (Å²) in [7, 11) is 0. The van der Waals surface area contributed by atoms with Crippen molar-refractivity contribution in [2.45, 2.75) is 25.3 Å². The number of rotatable bonds is 13. The molecule has 0 fully saturated rings. The van der Waals surface area contributed by atoms with Crippen molar-refractivity contribution in [2.24, 2.45) is 5.73 Å². The molecular weight excluding hydrogens is 478 g/mol. The third-order valence-corrected chi connectivity index (χ3v) is 6.19. The summed E-state index contributed by atoms with van der Waals surface area (Å²) in [6.45, 7) is 0.901. The molecule has 0 aliphatic heterocycles. The van der Waals surface area contributed by atoms with Gasteiger partial charge in [0, 0.05) is 18.4 Å². The third kappa shape index (κ3) is 7.31. The van der Waals surface area contributed by atoms with Crippen LogP contribution in [0.4, 0.5) is 0 Å². The summed E-state index contributed by atoms with van der Waals surface area (Å²) in [5, 5.41) is 9.13. The number of carboxylic acids is 1. The van der Waals surface area contributed by atoms with Gasteiger partial charge in [-0.15, -0.1) is 0 Å². The maximum atomic E-state index is 13.0. The van der Waals surface area contributed by atoms with Crippen LogP contribution in [0.1, 0.15) is 40.4 Å². The second-order valence-corrected chi connectivity index (χ2v) is 8.90. The molecule has 3 N–H and O–H groups in total. The second kappa shape index (κ2) is 13.2. The molecule has 194 valence electrons. The van der Waals surface area contributed by atoms with E-state index in [1.165, 1.54) is 0 Å². The summed E-state index contributed by atoms with van der Waals surface area (Å²) in [6.07, 6.45) is 0.881. The van der Waals surface area contributed by atoms with Crippen LogP contribution in [0.25, 0.3) is 11.1 Å². The topological polar surface area (TPSA) is 98.9 Å². The van der Waals surface area contributed by atoms with E-state index in [1.807, 2.05) is 48.5 Å². The number of Topliss-reactive ketones (excluding diaryl/α,β-unsaturated/α-hetero) is 1. The van der Waals surface area contributed by atoms with Gasteiger partial charge in [-0.25, -0.2) is 0 Å². The molecule has 38 heavy (non-hydrogen) atoms. The van der Waals surface area contributed by atoms with Gasteiger partial charge < -0.3 is 20.3 Å². The number of aryl methyl sites for hydroxylation is 1. The zero-order valence-electron chi connectivity index (χ0n) is 21.1. The van der Waals surface area contributed by atoms with Crippen molar-refractivity contribution in [3.8, 4) is 22.6 Å². The summed E-state index contributed by atoms with van der Waals surface area (Å²) < 4.78 is 11.8. The SMILES string of the molecule is NC(C(=O)c1ccccc1)c1cc(OCCCOc2ccc(-c3ccccc3)cc2)ccc1CCC(=O)O. The lowest BCUT2D eigenvalue weighted by Crippen LogP contribution is -2.23. The lowest BCUT2D eigenvalue weighted by molar-refractivity contribution is -0.136. The normalized spacial score (nSPS) is 11.5. The number of benzene rings is 4. The van der Waals surface area contributed by atoms with E-state index in [9.17, 15) is 9.59 Å². The van der Waals surface area contributed by atoms with E-state index in [0.29, 0.717) is 36.5 Å². The minimum absolute atomic E-state index is 0.0525. The van der Waals surface area contributed by atoms with Gasteiger partial charge in [0.15, 0.2) is 5.78 Å². The number of carboxylic acid groups (broad SMARTS) is 1. The Morgan fingerprint density at radius 3 is 1.97 bits per heavy atom. The van der Waals surface area contributed by atoms with Gasteiger partial charge in [0.2, 0.25) is 0 Å². The number of carbonyl (C=O) groups is 2. The molecule has 0 bridgehead atoms. The highest BCUT2D eigenvalue weighted by Crippen LogP contribution is 2.27. The molecule has 0 amide bonds. The van der Waals surface area contributed by atoms with Crippen LogP contribution in [-0.2, 0) is 11.2 Å². The van der Waals surface area contributed by atoms with Crippen molar-refractivity contribution in [1.29, 1.82) is 0 Å². The number of nitrogens with two attached hydrogens (primary N) is 1. The molecule has 4 aromatic carbocycles. The Kier molecular flexibility index (Phi) is 9.27. The van der Waals surface area contributed by atoms with E-state index >= 15 is 0 Å². The van der Waals surface area contributed by atoms with Gasteiger partial charge in [0.1, 0.15) is 11.5 Å². The Morgan fingerprint density at radius 2 is 1.32 bits per heavy atom. The van der Waals surface area contributed by atoms with Crippen LogP contribution in [0.2, 0.25) is 0 Å². The van der Waals surface area contributed by atoms with Crippen LogP contribution in [0, 0.1) is 0 Å². The number of ketones is 1. The highest BCUT2D eigenvalue weighted by molar-refractivity contribution is 6.00. The Labute approximate surface area is 222 Å². The van der Waals surface area contributed by atoms with Gasteiger partial charge in [-0.05, 0) is 52.9 Å². The predicted molar refractivity (Wildman–Crippen MR) is 148 cm³/mol. The minimum Gasteiger partial charge on any atom is -0.493 e. The fraction of sp³-hybridized carbons (Fsp3) is 0.188. The maximum Gasteiger partial charge on any atom is 0.303 e. The Hall–Kier alpha value is -4.42. The summed E-state index contributed by atoms with van der Waals surface area (Å²) in [6, 6.07) is 31.4. The van der Waals surface area contributed by atoms with Gasteiger partial charge in [0.05, 0.1) is 19.3 Å². The molecule has 0 aliphatic rings. The molecule has 4 aromatic rings. The quantitative estimate of drug-likeness (QED) is 0.167. The van der Waals surface area contributed by atoms with Crippen molar-refractivity contribution < 1.29 is 24.2 Å². The summed E-state index contributed by atoms with van der Waals surface area (Å²) in [5.74, 6) is 0.225. The van der Waals surface area contributed by atoms with Crippen LogP contribution in [-0.4, -0.2) is 30.1 Å². The molecule has 6 nitrogen and oxygen atoms in total. The first-order valence-corrected chi connectivity index (χ1v) is 12.6. The van der Waals surface area contributed by atoms with Gasteiger partial charge in [-0.2, -0.15) is 0 Å². The molecule has 6 heteroatoms. The smallest absolute Gasteiger partial charge is 0.303 e. The van der Waals surface area contributed by atoms with Crippen LogP contribution in [0.15, 0.2) is 103 Å². The first-order chi connectivity index (χ1) is 18.5. The van der Waals surface area contributed by atoms with E-state index in [4.69, 9.17) is 20.3 Å². The molecule has 1 unspecified atom stereocenters. The standard InChI is InChI=1S/C32H31NO5/c33-31(32(36)26-10-5-2-6-11-26)29-22-28(18-14-25(29)15-19-30(34)35)38-21-7-20-37-27-16-12-24(13-17-27)23-8-3-1-4-9-23/h1-6,8-14,16-18,22,31H,7,15,19-21,33H2,(H,34,35). The summed E-state index contributed by atoms with van der Waals surface area (Å²) in [5.41, 5.74) is 10.5. The maximum absolute atomic E-state index is 13.0. The highest BCUT2D eigenvalue weighted by Gasteiger charge is 2.21. The molecule has 1 atom stereocenters. The zero-order chi connectivity index (χ0) is 26.7. The lowest BCUT2D eigenvalue weighted by atomic mass is 9.92. The summed E-state index contributed by atoms with van der Waals surface area (Å²) >= 11 is 0. The van der Waals surface area contributed by atoms with Gasteiger partial charge >= 0.3 is 5.97 Å². The van der Waals surface area contributed by atoms with Crippen molar-refractivity contribution in [3.63, 3.8) is 0 Å². The van der Waals surface area contributed by atoms with Gasteiger partial charge in [-0.3, -0.25) is 9.59 Å². The summed E-state index contributed by atoms with van der Waals surface area (Å²) in [4.78, 5) is 24.1. The molecule has 0 heterocycles. The van der Waals surface area contributed by atoms with Crippen molar-refractivity contribution in [2.75, 3.05) is 13.2 Å². The number of carbonyl (C=O) groups excluding carboxylic acids is 1. The molecule has 0 spiro atoms. The van der Waals surface area contributed by atoms with E-state index in [1.54, 1.807) is 42.5 Å². The van der Waals surface area contributed by atoms with Crippen LogP contribution in [0.5, 0.6) is 11.5 Å². The minimum atomic E-state index is -0.924. The molecule has 0 aliphatic carbocycles. The van der Waals surface area contributed by atoms with Crippen LogP contribution < -0.4 is 15.2 Å². The Bertz CT molecular complexity index is 1340. The molecular formula is C32H31NO5. The molecule has 4 rings (SSSR count). The van der Waals surface area contributed by atoms with E-state index < -0.39 is 12.0 Å². The first-order valence-electron chi connectivity index (χ1n) is 12.6. The van der Waals surface area contributed by atoms with Crippen LogP contribution >= 0.6 is 0 Å². The molecule has 0 saturated heterocycles. The van der Waals surface area contributed by atoms with E-state index in [0.717, 1.165) is 22.4 Å². The predicted octanol–water partition coefficient (Wildman–Crippen LogP) is 6.10. The molecule has 0 saturated carbocycles. The number of hydrogen-bond donors (Lipinski definition) is 2. The van der Waals surface area contributed by atoms with E-state index in [2.05, 4.69) is 12.1 Å². The third-order valence-electron chi connectivity index (χ3n) is 6.19. The van der Waals surface area contributed by atoms with Gasteiger partial charge in [0.25, 0.3) is 0 Å². The Morgan fingerprint density at radius 1 is 0.737 bits per heavy atom. The average Bonchev–Trinajstić information content (AvgIpc) is 2.96. The van der Waals surface area contributed by atoms with Gasteiger partial charge in [-0.1, -0.05) is 78.9 Å². The lowest BCUT2D eigenvalue weighted by Gasteiger charge is -2.17. The van der Waals surface area contributed by atoms with Crippen molar-refractivity contribution in [3.05, 3.63) is 120 Å². The second-order valence-electron chi connectivity index (χ2n) is 8.90. The fourth-order valence-electron chi connectivity index (χ4n) is 4.16.